The van der Waals surface area contributed by atoms with E-state index in [0.717, 1.165) is 0 Å². The van der Waals surface area contributed by atoms with Gasteiger partial charge in [0.15, 0.2) is 5.11 Å². The summed E-state index contributed by atoms with van der Waals surface area (Å²) in [5, 5.41) is 5.81. The summed E-state index contributed by atoms with van der Waals surface area (Å²) in [5.74, 6) is 0.634. The first kappa shape index (κ1) is 24.9. The van der Waals surface area contributed by atoms with Gasteiger partial charge in [-0.2, -0.15) is 0 Å². The van der Waals surface area contributed by atoms with Gasteiger partial charge in [-0.05, 0) is 55.4 Å². The Morgan fingerprint density at radius 1 is 1.27 bits per heavy atom. The minimum Gasteiger partial charge on any atom is -0.496 e. The highest BCUT2D eigenvalue weighted by atomic mass is 35.5. The van der Waals surface area contributed by atoms with Crippen LogP contribution in [0.25, 0.3) is 0 Å². The zero-order valence-corrected chi connectivity index (χ0v) is 20.6. The van der Waals surface area contributed by atoms with Gasteiger partial charge in [-0.25, -0.2) is 8.42 Å². The summed E-state index contributed by atoms with van der Waals surface area (Å²) in [4.78, 5) is 12.7. The maximum atomic E-state index is 12.9. The fourth-order valence-corrected chi connectivity index (χ4v) is 4.95. The average molecular weight is 514 g/mol. The molecule has 0 radical (unpaired) electrons. The molecule has 1 atom stereocenters. The van der Waals surface area contributed by atoms with Crippen molar-refractivity contribution in [1.29, 1.82) is 0 Å². The summed E-state index contributed by atoms with van der Waals surface area (Å²) in [5.41, 5.74) is 0.888. The Balaban J connectivity index is 1.87. The van der Waals surface area contributed by atoms with Gasteiger partial charge in [0.2, 0.25) is 0 Å². The maximum Gasteiger partial charge on any atom is 0.267 e. The summed E-state index contributed by atoms with van der Waals surface area (Å²) in [6.45, 7) is 2.21. The van der Waals surface area contributed by atoms with E-state index in [1.807, 2.05) is 0 Å². The van der Waals surface area contributed by atoms with Crippen LogP contribution in [0.1, 0.15) is 22.8 Å². The van der Waals surface area contributed by atoms with Crippen LogP contribution in [-0.4, -0.2) is 52.9 Å². The van der Waals surface area contributed by atoms with Gasteiger partial charge >= 0.3 is 0 Å². The second-order valence-electron chi connectivity index (χ2n) is 7.05. The van der Waals surface area contributed by atoms with Crippen molar-refractivity contribution in [2.24, 2.45) is 0 Å². The lowest BCUT2D eigenvalue weighted by molar-refractivity contribution is 0.0912. The van der Waals surface area contributed by atoms with Gasteiger partial charge in [0.05, 0.1) is 25.3 Å². The zero-order valence-electron chi connectivity index (χ0n) is 18.2. The lowest BCUT2D eigenvalue weighted by Gasteiger charge is -2.27. The van der Waals surface area contributed by atoms with Crippen LogP contribution < -0.4 is 29.6 Å². The molecule has 3 rings (SSSR count). The molecule has 1 aliphatic rings. The molecule has 0 spiro atoms. The van der Waals surface area contributed by atoms with Gasteiger partial charge in [0.1, 0.15) is 28.8 Å². The molecule has 3 N–H and O–H groups in total. The van der Waals surface area contributed by atoms with Crippen LogP contribution in [0.2, 0.25) is 5.02 Å². The van der Waals surface area contributed by atoms with E-state index in [2.05, 4.69) is 15.4 Å². The van der Waals surface area contributed by atoms with Crippen molar-refractivity contribution in [3.8, 4) is 17.2 Å². The Hall–Kier alpha value is -2.76. The molecule has 0 aromatic heterocycles. The molecule has 1 heterocycles. The van der Waals surface area contributed by atoms with Gasteiger partial charge in [-0.1, -0.05) is 11.6 Å². The Kier molecular flexibility index (Phi) is 7.88. The second kappa shape index (κ2) is 10.4. The van der Waals surface area contributed by atoms with Crippen molar-refractivity contribution >= 4 is 44.9 Å². The molecule has 0 saturated carbocycles. The Morgan fingerprint density at radius 2 is 2.03 bits per heavy atom. The van der Waals surface area contributed by atoms with E-state index in [1.54, 1.807) is 19.1 Å². The quantitative estimate of drug-likeness (QED) is 0.483. The van der Waals surface area contributed by atoms with Crippen LogP contribution in [-0.2, 0) is 16.4 Å². The zero-order chi connectivity index (χ0) is 24.2. The Labute approximate surface area is 202 Å². The Morgan fingerprint density at radius 3 is 2.70 bits per heavy atom. The molecule has 0 bridgehead atoms. The molecule has 2 aromatic carbocycles. The number of ether oxygens (including phenoxy) is 3. The SMILES string of the molecule is CCOc1cc2c(cc1S(=O)(=O)NC(=S)NC)CC(NC(=O)c1cc(Cl)ccc1OC)CO2. The topological polar surface area (TPSA) is 115 Å². The minimum absolute atomic E-state index is 0.0490. The number of carbonyl (C=O) groups is 1. The van der Waals surface area contributed by atoms with Crippen molar-refractivity contribution in [3.63, 3.8) is 0 Å². The minimum atomic E-state index is -4.01. The molecular weight excluding hydrogens is 490 g/mol. The molecule has 1 amide bonds. The van der Waals surface area contributed by atoms with Crippen molar-refractivity contribution in [3.05, 3.63) is 46.5 Å². The number of sulfonamides is 1. The molecule has 0 aliphatic carbocycles. The van der Waals surface area contributed by atoms with E-state index < -0.39 is 16.1 Å². The molecule has 0 fully saturated rings. The van der Waals surface area contributed by atoms with Gasteiger partial charge < -0.3 is 24.8 Å². The normalized spacial score (nSPS) is 15.0. The summed E-state index contributed by atoms with van der Waals surface area (Å²) in [6.07, 6.45) is 0.343. The predicted octanol–water partition coefficient (Wildman–Crippen LogP) is 2.26. The van der Waals surface area contributed by atoms with Crippen LogP contribution in [0.15, 0.2) is 35.2 Å². The standard InChI is InChI=1S/C21H24ClN3O6S2/c1-4-30-18-10-17-12(8-19(18)33(27,28)25-21(32)23-2)7-14(11-31-17)24-20(26)15-9-13(22)5-6-16(15)29-3/h5-6,8-10,14H,4,7,11H2,1-3H3,(H,24,26)(H2,23,25,32). The predicted molar refractivity (Wildman–Crippen MR) is 128 cm³/mol. The summed E-state index contributed by atoms with van der Waals surface area (Å²) in [7, 11) is -1.03. The number of methoxy groups -OCH3 is 1. The number of hydrogen-bond donors (Lipinski definition) is 3. The van der Waals surface area contributed by atoms with Crippen LogP contribution >= 0.6 is 23.8 Å². The van der Waals surface area contributed by atoms with Crippen molar-refractivity contribution in [2.45, 2.75) is 24.3 Å². The van der Waals surface area contributed by atoms with Crippen LogP contribution in [0, 0.1) is 0 Å². The van der Waals surface area contributed by atoms with E-state index in [9.17, 15) is 13.2 Å². The monoisotopic (exact) mass is 513 g/mol. The van der Waals surface area contributed by atoms with Gasteiger partial charge in [-0.15, -0.1) is 0 Å². The molecule has 12 heteroatoms. The van der Waals surface area contributed by atoms with Crippen molar-refractivity contribution in [2.75, 3.05) is 27.4 Å². The highest BCUT2D eigenvalue weighted by Crippen LogP contribution is 2.35. The third-order valence-electron chi connectivity index (χ3n) is 4.82. The summed E-state index contributed by atoms with van der Waals surface area (Å²) in [6, 6.07) is 7.35. The Bertz CT molecular complexity index is 1170. The number of thiocarbonyl (C=S) groups is 1. The second-order valence-corrected chi connectivity index (χ2v) is 9.55. The van der Waals surface area contributed by atoms with E-state index in [4.69, 9.17) is 38.0 Å². The molecule has 9 nitrogen and oxygen atoms in total. The molecule has 33 heavy (non-hydrogen) atoms. The van der Waals surface area contributed by atoms with E-state index >= 15 is 0 Å². The number of benzene rings is 2. The fourth-order valence-electron chi connectivity index (χ4n) is 3.31. The average Bonchev–Trinajstić information content (AvgIpc) is 2.78. The number of carbonyl (C=O) groups excluding carboxylic acids is 1. The first-order chi connectivity index (χ1) is 15.7. The number of halogens is 1. The number of hydrogen-bond acceptors (Lipinski definition) is 7. The number of amides is 1. The smallest absolute Gasteiger partial charge is 0.267 e. The summed E-state index contributed by atoms with van der Waals surface area (Å²) >= 11 is 11.0. The first-order valence-corrected chi connectivity index (χ1v) is 12.3. The molecule has 1 unspecified atom stereocenters. The van der Waals surface area contributed by atoms with Crippen molar-refractivity contribution in [1.82, 2.24) is 15.4 Å². The third-order valence-corrected chi connectivity index (χ3v) is 6.86. The summed E-state index contributed by atoms with van der Waals surface area (Å²) < 4.78 is 44.6. The molecular formula is C21H24ClN3O6S2. The fraction of sp³-hybridized carbons (Fsp3) is 0.333. The van der Waals surface area contributed by atoms with Crippen LogP contribution in [0.4, 0.5) is 0 Å². The van der Waals surface area contributed by atoms with Gasteiger partial charge in [0, 0.05) is 18.1 Å². The van der Waals surface area contributed by atoms with E-state index in [-0.39, 0.29) is 40.4 Å². The first-order valence-electron chi connectivity index (χ1n) is 10.00. The van der Waals surface area contributed by atoms with Crippen LogP contribution in [0.3, 0.4) is 0 Å². The largest absolute Gasteiger partial charge is 0.496 e. The van der Waals surface area contributed by atoms with E-state index in [1.165, 1.54) is 32.4 Å². The number of rotatable bonds is 7. The highest BCUT2D eigenvalue weighted by molar-refractivity contribution is 7.92. The molecule has 2 aromatic rings. The lowest BCUT2D eigenvalue weighted by atomic mass is 10.0. The van der Waals surface area contributed by atoms with Gasteiger partial charge in [0.25, 0.3) is 15.9 Å². The number of fused-ring (bicyclic) bond motifs is 1. The van der Waals surface area contributed by atoms with Gasteiger partial charge in [-0.3, -0.25) is 9.52 Å². The third kappa shape index (κ3) is 5.79. The van der Waals surface area contributed by atoms with Crippen LogP contribution in [0.5, 0.6) is 17.2 Å². The molecule has 1 aliphatic heterocycles. The molecule has 0 saturated heterocycles. The maximum absolute atomic E-state index is 12.9. The molecule has 178 valence electrons. The van der Waals surface area contributed by atoms with E-state index in [0.29, 0.717) is 28.5 Å². The highest BCUT2D eigenvalue weighted by Gasteiger charge is 2.29. The van der Waals surface area contributed by atoms with Crippen molar-refractivity contribution < 1.29 is 27.4 Å². The lowest BCUT2D eigenvalue weighted by Crippen LogP contribution is -2.43. The number of nitrogens with one attached hydrogen (secondary N) is 3.